The zero-order valence-corrected chi connectivity index (χ0v) is 10.4. The maximum absolute atomic E-state index is 3.80. The van der Waals surface area contributed by atoms with Crippen molar-refractivity contribution in [1.29, 1.82) is 0 Å². The summed E-state index contributed by atoms with van der Waals surface area (Å²) in [5.41, 5.74) is 4.11. The molecule has 88 valence electrons. The summed E-state index contributed by atoms with van der Waals surface area (Å²) in [5.74, 6) is 0. The monoisotopic (exact) mass is 226 g/mol. The van der Waals surface area contributed by atoms with Crippen LogP contribution in [-0.4, -0.2) is 0 Å². The van der Waals surface area contributed by atoms with E-state index in [2.05, 4.69) is 61.9 Å². The molecule has 0 spiro atoms. The van der Waals surface area contributed by atoms with E-state index in [0.717, 1.165) is 22.8 Å². The van der Waals surface area contributed by atoms with Crippen molar-refractivity contribution >= 4 is 0 Å². The molecule has 17 heavy (non-hydrogen) atoms. The molecule has 2 heteroatoms. The smallest absolute Gasteiger partial charge is 0.0621 e. The summed E-state index contributed by atoms with van der Waals surface area (Å²) in [6.07, 6.45) is 12.2. The van der Waals surface area contributed by atoms with Crippen LogP contribution in [0.15, 0.2) is 72.4 Å². The molecule has 0 aromatic heterocycles. The Kier molecular flexibility index (Phi) is 2.80. The lowest BCUT2D eigenvalue weighted by atomic mass is 9.93. The molecule has 2 N–H and O–H groups in total. The largest absolute Gasteiger partial charge is 0.352 e. The Morgan fingerprint density at radius 3 is 1.71 bits per heavy atom. The fourth-order valence-electron chi connectivity index (χ4n) is 1.80. The molecule has 1 aliphatic carbocycles. The molecule has 0 fully saturated rings. The average Bonchev–Trinajstić information content (AvgIpc) is 2.47. The Balaban J connectivity index is 2.37. The highest BCUT2D eigenvalue weighted by molar-refractivity contribution is 5.47. The van der Waals surface area contributed by atoms with Crippen LogP contribution in [0, 0.1) is 5.41 Å². The van der Waals surface area contributed by atoms with E-state index in [9.17, 15) is 0 Å². The van der Waals surface area contributed by atoms with Crippen molar-refractivity contribution in [2.45, 2.75) is 13.8 Å². The molecule has 1 heterocycles. The maximum atomic E-state index is 3.80. The second-order valence-corrected chi connectivity index (χ2v) is 4.80. The van der Waals surface area contributed by atoms with Gasteiger partial charge < -0.3 is 10.6 Å². The molecular formula is C15H18N2. The highest BCUT2D eigenvalue weighted by Gasteiger charge is 2.18. The van der Waals surface area contributed by atoms with E-state index in [1.54, 1.807) is 12.2 Å². The van der Waals surface area contributed by atoms with Gasteiger partial charge in [-0.25, -0.2) is 0 Å². The van der Waals surface area contributed by atoms with Gasteiger partial charge in [-0.1, -0.05) is 39.2 Å². The molecule has 2 aliphatic rings. The van der Waals surface area contributed by atoms with Crippen LogP contribution in [0.2, 0.25) is 0 Å². The molecular weight excluding hydrogens is 208 g/mol. The zero-order valence-electron chi connectivity index (χ0n) is 10.4. The maximum Gasteiger partial charge on any atom is 0.0621 e. The first-order valence-corrected chi connectivity index (χ1v) is 5.72. The summed E-state index contributed by atoms with van der Waals surface area (Å²) in [7, 11) is 0. The lowest BCUT2D eigenvalue weighted by molar-refractivity contribution is 0.626. The predicted molar refractivity (Wildman–Crippen MR) is 72.8 cm³/mol. The molecule has 0 saturated heterocycles. The number of allylic oxidation sites excluding steroid dienone is 6. The highest BCUT2D eigenvalue weighted by Crippen LogP contribution is 2.26. The Hall–Kier alpha value is -1.96. The fraction of sp³-hybridized carbons (Fsp3) is 0.200. The van der Waals surface area contributed by atoms with Gasteiger partial charge in [-0.2, -0.15) is 0 Å². The molecule has 0 atom stereocenters. The summed E-state index contributed by atoms with van der Waals surface area (Å²) in [6.45, 7) is 11.9. The summed E-state index contributed by atoms with van der Waals surface area (Å²) >= 11 is 0. The third-order valence-corrected chi connectivity index (χ3v) is 2.89. The van der Waals surface area contributed by atoms with Crippen LogP contribution < -0.4 is 10.6 Å². The third-order valence-electron chi connectivity index (χ3n) is 2.89. The van der Waals surface area contributed by atoms with E-state index in [4.69, 9.17) is 0 Å². The van der Waals surface area contributed by atoms with Gasteiger partial charge in [0, 0.05) is 5.41 Å². The van der Waals surface area contributed by atoms with E-state index in [-0.39, 0.29) is 5.41 Å². The van der Waals surface area contributed by atoms with Gasteiger partial charge in [-0.3, -0.25) is 0 Å². The van der Waals surface area contributed by atoms with Gasteiger partial charge in [-0.15, -0.1) is 0 Å². The average molecular weight is 226 g/mol. The number of rotatable bonds is 2. The normalized spacial score (nSPS) is 21.3. The molecule has 2 rings (SSSR count). The lowest BCUT2D eigenvalue weighted by Crippen LogP contribution is -2.28. The van der Waals surface area contributed by atoms with Crippen molar-refractivity contribution in [3.8, 4) is 0 Å². The molecule has 1 aliphatic heterocycles. The summed E-state index contributed by atoms with van der Waals surface area (Å²) < 4.78 is 0. The van der Waals surface area contributed by atoms with E-state index >= 15 is 0 Å². The third kappa shape index (κ3) is 2.26. The second kappa shape index (κ2) is 4.13. The highest BCUT2D eigenvalue weighted by atomic mass is 15.0. The van der Waals surface area contributed by atoms with Crippen LogP contribution in [0.1, 0.15) is 13.8 Å². The fourth-order valence-corrected chi connectivity index (χ4v) is 1.80. The van der Waals surface area contributed by atoms with Crippen LogP contribution in [0.3, 0.4) is 0 Å². The minimum Gasteiger partial charge on any atom is -0.352 e. The van der Waals surface area contributed by atoms with Gasteiger partial charge in [0.2, 0.25) is 0 Å². The van der Waals surface area contributed by atoms with Crippen LogP contribution in [0.25, 0.3) is 0 Å². The van der Waals surface area contributed by atoms with E-state index in [0.29, 0.717) is 0 Å². The van der Waals surface area contributed by atoms with Crippen LogP contribution >= 0.6 is 0 Å². The Morgan fingerprint density at radius 1 is 0.941 bits per heavy atom. The van der Waals surface area contributed by atoms with Crippen molar-refractivity contribution in [2.24, 2.45) is 5.41 Å². The van der Waals surface area contributed by atoms with Gasteiger partial charge in [-0.05, 0) is 24.3 Å². The van der Waals surface area contributed by atoms with Crippen molar-refractivity contribution in [2.75, 3.05) is 0 Å². The van der Waals surface area contributed by atoms with Crippen molar-refractivity contribution < 1.29 is 0 Å². The molecule has 0 aromatic rings. The Bertz CT molecular complexity index is 443. The van der Waals surface area contributed by atoms with Gasteiger partial charge in [0.15, 0.2) is 0 Å². The molecule has 0 aromatic carbocycles. The van der Waals surface area contributed by atoms with Gasteiger partial charge >= 0.3 is 0 Å². The van der Waals surface area contributed by atoms with Gasteiger partial charge in [0.1, 0.15) is 0 Å². The predicted octanol–water partition coefficient (Wildman–Crippen LogP) is 3.13. The van der Waals surface area contributed by atoms with Gasteiger partial charge in [0.25, 0.3) is 0 Å². The minimum absolute atomic E-state index is 0.0728. The van der Waals surface area contributed by atoms with E-state index in [1.807, 2.05) is 0 Å². The van der Waals surface area contributed by atoms with Crippen LogP contribution in [0.4, 0.5) is 0 Å². The molecule has 0 unspecified atom stereocenters. The molecule has 0 amide bonds. The number of hydrogen-bond acceptors (Lipinski definition) is 2. The van der Waals surface area contributed by atoms with E-state index < -0.39 is 0 Å². The number of nitrogens with one attached hydrogen (secondary N) is 2. The molecule has 0 saturated carbocycles. The lowest BCUT2D eigenvalue weighted by Gasteiger charge is -2.22. The Morgan fingerprint density at radius 2 is 1.35 bits per heavy atom. The first-order chi connectivity index (χ1) is 8.05. The standard InChI is InChI=1S/C15H18N2/c1-5-11-12(6-2)17-14-8-10-15(3,4)9-7-13(14)16-11/h5-10,16-17H,1-2H2,3-4H3. The molecule has 0 radical (unpaired) electrons. The Labute approximate surface area is 103 Å². The quantitative estimate of drug-likeness (QED) is 0.756. The summed E-state index contributed by atoms with van der Waals surface area (Å²) in [5, 5.41) is 6.71. The van der Waals surface area contributed by atoms with Crippen LogP contribution in [0.5, 0.6) is 0 Å². The van der Waals surface area contributed by atoms with Crippen molar-refractivity contribution in [3.63, 3.8) is 0 Å². The first kappa shape index (κ1) is 11.5. The topological polar surface area (TPSA) is 24.1 Å². The van der Waals surface area contributed by atoms with Gasteiger partial charge in [0.05, 0.1) is 22.8 Å². The zero-order chi connectivity index (χ0) is 12.5. The minimum atomic E-state index is 0.0728. The van der Waals surface area contributed by atoms with Crippen LogP contribution in [-0.2, 0) is 0 Å². The second-order valence-electron chi connectivity index (χ2n) is 4.80. The summed E-state index contributed by atoms with van der Waals surface area (Å²) in [4.78, 5) is 0. The summed E-state index contributed by atoms with van der Waals surface area (Å²) in [6, 6.07) is 0. The van der Waals surface area contributed by atoms with E-state index in [1.165, 1.54) is 0 Å². The van der Waals surface area contributed by atoms with Crippen molar-refractivity contribution in [3.05, 3.63) is 72.4 Å². The molecule has 0 bridgehead atoms. The first-order valence-electron chi connectivity index (χ1n) is 5.72. The van der Waals surface area contributed by atoms with Crippen molar-refractivity contribution in [1.82, 2.24) is 10.6 Å². The SMILES string of the molecule is C=CC1=C(C=C)NC2=C(C=CC(C)(C)C=C2)N1. The molecule has 2 nitrogen and oxygen atoms in total. The number of hydrogen-bond donors (Lipinski definition) is 2.